The van der Waals surface area contributed by atoms with Gasteiger partial charge < -0.3 is 5.32 Å². The topological polar surface area (TPSA) is 63.2 Å². The highest BCUT2D eigenvalue weighted by atomic mass is 32.2. The Bertz CT molecular complexity index is 837. The third-order valence-corrected chi connectivity index (χ3v) is 7.56. The van der Waals surface area contributed by atoms with Crippen molar-refractivity contribution in [1.82, 2.24) is 0 Å². The average Bonchev–Trinajstić information content (AvgIpc) is 3.18. The zero-order chi connectivity index (χ0) is 17.9. The van der Waals surface area contributed by atoms with Gasteiger partial charge in [-0.2, -0.15) is 0 Å². The number of hydrogen-bond donors (Lipinski definition) is 1. The van der Waals surface area contributed by atoms with Crippen molar-refractivity contribution in [2.75, 3.05) is 11.6 Å². The lowest BCUT2D eigenvalue weighted by Gasteiger charge is -2.12. The smallest absolute Gasteiger partial charge is 0.255 e. The average molecular weight is 376 g/mol. The summed E-state index contributed by atoms with van der Waals surface area (Å²) in [6, 6.07) is 13.8. The van der Waals surface area contributed by atoms with Gasteiger partial charge in [-0.1, -0.05) is 12.8 Å². The van der Waals surface area contributed by atoms with Crippen molar-refractivity contribution in [2.24, 2.45) is 0 Å². The molecule has 0 atom stereocenters. The molecular formula is C19H21NO3S2. The van der Waals surface area contributed by atoms with Crippen molar-refractivity contribution in [3.05, 3.63) is 54.1 Å². The van der Waals surface area contributed by atoms with Gasteiger partial charge in [0.05, 0.1) is 10.1 Å². The number of hydrogen-bond acceptors (Lipinski definition) is 4. The predicted molar refractivity (Wildman–Crippen MR) is 102 cm³/mol. The molecule has 0 unspecified atom stereocenters. The van der Waals surface area contributed by atoms with Crippen LogP contribution in [0.25, 0.3) is 0 Å². The van der Waals surface area contributed by atoms with Gasteiger partial charge in [-0.05, 0) is 67.6 Å². The van der Waals surface area contributed by atoms with Gasteiger partial charge in [0.15, 0.2) is 9.84 Å². The minimum absolute atomic E-state index is 0.209. The molecule has 0 radical (unpaired) electrons. The van der Waals surface area contributed by atoms with Crippen molar-refractivity contribution in [2.45, 2.75) is 40.7 Å². The summed E-state index contributed by atoms with van der Waals surface area (Å²) in [5.74, 6) is -0.209. The van der Waals surface area contributed by atoms with Crippen LogP contribution in [0.5, 0.6) is 0 Å². The zero-order valence-electron chi connectivity index (χ0n) is 14.1. The number of carbonyl (C=O) groups is 1. The Kier molecular flexibility index (Phi) is 5.49. The van der Waals surface area contributed by atoms with Gasteiger partial charge in [0, 0.05) is 16.1 Å². The van der Waals surface area contributed by atoms with Crippen molar-refractivity contribution < 1.29 is 13.2 Å². The summed E-state index contributed by atoms with van der Waals surface area (Å²) in [5.41, 5.74) is 1.16. The molecule has 1 aliphatic rings. The molecule has 25 heavy (non-hydrogen) atoms. The summed E-state index contributed by atoms with van der Waals surface area (Å²) < 4.78 is 25.1. The molecule has 1 aliphatic carbocycles. The van der Waals surface area contributed by atoms with E-state index in [9.17, 15) is 13.2 Å². The summed E-state index contributed by atoms with van der Waals surface area (Å²) in [6.45, 7) is 0. The first-order chi connectivity index (χ1) is 12.0. The third kappa shape index (κ3) is 4.07. The van der Waals surface area contributed by atoms with E-state index >= 15 is 0 Å². The molecule has 2 aromatic rings. The van der Waals surface area contributed by atoms with E-state index in [1.165, 1.54) is 0 Å². The first kappa shape index (κ1) is 18.0. The Labute approximate surface area is 152 Å². The molecule has 1 amide bonds. The van der Waals surface area contributed by atoms with E-state index in [0.717, 1.165) is 30.6 Å². The van der Waals surface area contributed by atoms with Crippen LogP contribution in [-0.2, 0) is 9.84 Å². The fourth-order valence-corrected chi connectivity index (χ4v) is 5.33. The number of carbonyl (C=O) groups excluding carboxylic acids is 1. The van der Waals surface area contributed by atoms with Crippen LogP contribution in [-0.4, -0.2) is 25.8 Å². The Hall–Kier alpha value is -1.79. The minimum atomic E-state index is -3.26. The Morgan fingerprint density at radius 1 is 1.00 bits per heavy atom. The molecule has 0 aliphatic heterocycles. The first-order valence-corrected chi connectivity index (χ1v) is 11.1. The van der Waals surface area contributed by atoms with Gasteiger partial charge in [-0.3, -0.25) is 4.79 Å². The Morgan fingerprint density at radius 3 is 2.16 bits per heavy atom. The van der Waals surface area contributed by atoms with Crippen LogP contribution >= 0.6 is 11.8 Å². The van der Waals surface area contributed by atoms with Crippen LogP contribution in [0.2, 0.25) is 0 Å². The van der Waals surface area contributed by atoms with Crippen LogP contribution in [0.1, 0.15) is 36.0 Å². The Balaban J connectivity index is 1.70. The maximum absolute atomic E-state index is 12.6. The van der Waals surface area contributed by atoms with Gasteiger partial charge in [0.2, 0.25) is 0 Å². The van der Waals surface area contributed by atoms with E-state index in [1.54, 1.807) is 48.2 Å². The molecule has 1 saturated carbocycles. The molecule has 3 rings (SSSR count). The fourth-order valence-electron chi connectivity index (χ4n) is 3.06. The summed E-state index contributed by atoms with van der Waals surface area (Å²) in [7, 11) is -3.26. The van der Waals surface area contributed by atoms with Gasteiger partial charge in [-0.25, -0.2) is 8.42 Å². The Morgan fingerprint density at radius 2 is 1.60 bits per heavy atom. The number of amides is 1. The molecule has 0 aromatic heterocycles. The third-order valence-electron chi connectivity index (χ3n) is 4.53. The normalized spacial score (nSPS) is 15.2. The number of sulfone groups is 1. The van der Waals surface area contributed by atoms with E-state index in [2.05, 4.69) is 5.32 Å². The second kappa shape index (κ2) is 7.62. The lowest BCUT2D eigenvalue weighted by atomic mass is 10.2. The van der Waals surface area contributed by atoms with Crippen LogP contribution < -0.4 is 5.32 Å². The van der Waals surface area contributed by atoms with E-state index in [1.807, 2.05) is 18.4 Å². The second-order valence-electron chi connectivity index (χ2n) is 6.16. The van der Waals surface area contributed by atoms with Gasteiger partial charge in [-0.15, -0.1) is 11.8 Å². The summed E-state index contributed by atoms with van der Waals surface area (Å²) >= 11 is 1.62. The van der Waals surface area contributed by atoms with E-state index in [0.29, 0.717) is 16.1 Å². The quantitative estimate of drug-likeness (QED) is 0.788. The largest absolute Gasteiger partial charge is 0.322 e. The molecule has 132 valence electrons. The molecule has 2 aromatic carbocycles. The molecule has 0 saturated heterocycles. The van der Waals surface area contributed by atoms with Crippen LogP contribution in [0.3, 0.4) is 0 Å². The maximum atomic E-state index is 12.6. The molecule has 0 bridgehead atoms. The molecule has 6 heteroatoms. The highest BCUT2D eigenvalue weighted by Gasteiger charge is 2.30. The van der Waals surface area contributed by atoms with Crippen molar-refractivity contribution >= 4 is 33.2 Å². The predicted octanol–water partition coefficient (Wildman–Crippen LogP) is 4.38. The number of nitrogens with one attached hydrogen (secondary N) is 1. The fraction of sp³-hybridized carbons (Fsp3) is 0.316. The van der Waals surface area contributed by atoms with Crippen molar-refractivity contribution in [3.63, 3.8) is 0 Å². The number of benzene rings is 2. The molecule has 1 N–H and O–H groups in total. The standard InChI is InChI=1S/C19H21NO3S2/c1-24-16-10-6-14(7-11-16)19(21)20-15-8-12-18(13-9-15)25(22,23)17-4-2-3-5-17/h6-13,17H,2-5H2,1H3,(H,20,21). The van der Waals surface area contributed by atoms with Gasteiger partial charge in [0.1, 0.15) is 0 Å². The van der Waals surface area contributed by atoms with E-state index in [4.69, 9.17) is 0 Å². The SMILES string of the molecule is CSc1ccc(C(=O)Nc2ccc(S(=O)(=O)C3CCCC3)cc2)cc1. The number of anilines is 1. The maximum Gasteiger partial charge on any atom is 0.255 e. The second-order valence-corrected chi connectivity index (χ2v) is 9.27. The number of rotatable bonds is 5. The molecule has 0 spiro atoms. The molecular weight excluding hydrogens is 354 g/mol. The monoisotopic (exact) mass is 375 g/mol. The van der Waals surface area contributed by atoms with Crippen LogP contribution in [0.15, 0.2) is 58.3 Å². The lowest BCUT2D eigenvalue weighted by molar-refractivity contribution is 0.102. The summed E-state index contributed by atoms with van der Waals surface area (Å²) in [6.07, 6.45) is 5.43. The molecule has 0 heterocycles. The van der Waals surface area contributed by atoms with Crippen molar-refractivity contribution in [3.8, 4) is 0 Å². The van der Waals surface area contributed by atoms with Crippen LogP contribution in [0.4, 0.5) is 5.69 Å². The van der Waals surface area contributed by atoms with Crippen molar-refractivity contribution in [1.29, 1.82) is 0 Å². The summed E-state index contributed by atoms with van der Waals surface area (Å²) in [5, 5.41) is 2.54. The molecule has 4 nitrogen and oxygen atoms in total. The van der Waals surface area contributed by atoms with E-state index < -0.39 is 9.84 Å². The zero-order valence-corrected chi connectivity index (χ0v) is 15.7. The number of thioether (sulfide) groups is 1. The summed E-state index contributed by atoms with van der Waals surface area (Å²) in [4.78, 5) is 13.7. The molecule has 1 fully saturated rings. The van der Waals surface area contributed by atoms with Crippen LogP contribution in [0, 0.1) is 0 Å². The lowest BCUT2D eigenvalue weighted by Crippen LogP contribution is -2.18. The van der Waals surface area contributed by atoms with Gasteiger partial charge >= 0.3 is 0 Å². The highest BCUT2D eigenvalue weighted by Crippen LogP contribution is 2.30. The first-order valence-electron chi connectivity index (χ1n) is 8.30. The highest BCUT2D eigenvalue weighted by molar-refractivity contribution is 7.98. The van der Waals surface area contributed by atoms with E-state index in [-0.39, 0.29) is 11.2 Å². The minimum Gasteiger partial charge on any atom is -0.322 e. The van der Waals surface area contributed by atoms with Gasteiger partial charge in [0.25, 0.3) is 5.91 Å².